The number of nitrogens with zero attached hydrogens (tertiary/aromatic N) is 4. The maximum absolute atomic E-state index is 13.7. The summed E-state index contributed by atoms with van der Waals surface area (Å²) in [5.41, 5.74) is -1.19. The van der Waals surface area contributed by atoms with Gasteiger partial charge in [0, 0.05) is 37.5 Å². The molecule has 1 amide bonds. The van der Waals surface area contributed by atoms with E-state index in [0.29, 0.717) is 0 Å². The van der Waals surface area contributed by atoms with Crippen LogP contribution in [-0.4, -0.2) is 69.6 Å². The zero-order valence-corrected chi connectivity index (χ0v) is 24.5. The molecule has 1 fully saturated rings. The average Bonchev–Trinajstić information content (AvgIpc) is 3.47. The van der Waals surface area contributed by atoms with E-state index in [1.54, 1.807) is 13.8 Å². The lowest BCUT2D eigenvalue weighted by atomic mass is 10.1. The Hall–Kier alpha value is -2.23. The highest BCUT2D eigenvalue weighted by atomic mass is 35.5. The number of thiazole rings is 1. The van der Waals surface area contributed by atoms with Gasteiger partial charge in [-0.25, -0.2) is 26.9 Å². The van der Waals surface area contributed by atoms with Gasteiger partial charge < -0.3 is 15.0 Å². The lowest BCUT2D eigenvalue weighted by molar-refractivity contribution is -0.0494. The van der Waals surface area contributed by atoms with E-state index in [2.05, 4.69) is 24.9 Å². The second-order valence-electron chi connectivity index (χ2n) is 9.94. The summed E-state index contributed by atoms with van der Waals surface area (Å²) in [6, 6.07) is 2.28. The minimum absolute atomic E-state index is 0.0877. The minimum Gasteiger partial charge on any atom is -0.382 e. The summed E-state index contributed by atoms with van der Waals surface area (Å²) in [5.74, 6) is -3.14. The molecule has 2 aromatic heterocycles. The Bertz CT molecular complexity index is 1510. The fourth-order valence-corrected chi connectivity index (χ4v) is 7.06. The Morgan fingerprint density at radius 1 is 1.21 bits per heavy atom. The number of sulfonamides is 1. The van der Waals surface area contributed by atoms with Gasteiger partial charge in [0.25, 0.3) is 11.8 Å². The number of halogens is 4. The van der Waals surface area contributed by atoms with E-state index >= 15 is 0 Å². The van der Waals surface area contributed by atoms with Gasteiger partial charge in [0.1, 0.15) is 16.2 Å². The fourth-order valence-electron chi connectivity index (χ4n) is 3.86. The van der Waals surface area contributed by atoms with E-state index in [-0.39, 0.29) is 60.8 Å². The number of nitrogens with one attached hydrogen (secondary N) is 2. The summed E-state index contributed by atoms with van der Waals surface area (Å²) in [6.45, 7) is 5.99. The standard InChI is InChI=1S/C23H26Cl2F2N6O4S2/c1-11(2)32-39(36,37)13-6-5-12(14(24)15(13)25)17-16(20(34)33-9-7-23(26,27)8-10-33)28-19(38-17)18-29-21(31-30-18)22(3,4)35/h5-6,11,32,35H,7-10H2,1-4H3,(H,29,30,31). The Balaban J connectivity index is 1.82. The van der Waals surface area contributed by atoms with E-state index in [0.717, 1.165) is 11.3 Å². The van der Waals surface area contributed by atoms with Crippen LogP contribution in [0.1, 0.15) is 56.8 Å². The van der Waals surface area contributed by atoms with Crippen LogP contribution in [0, 0.1) is 0 Å². The van der Waals surface area contributed by atoms with Gasteiger partial charge >= 0.3 is 0 Å². The van der Waals surface area contributed by atoms with E-state index in [1.807, 2.05) is 0 Å². The number of hydrogen-bond donors (Lipinski definition) is 3. The summed E-state index contributed by atoms with van der Waals surface area (Å²) in [4.78, 5) is 22.1. The molecule has 0 bridgehead atoms. The molecule has 0 radical (unpaired) electrons. The third-order valence-electron chi connectivity index (χ3n) is 5.85. The molecule has 0 unspecified atom stereocenters. The van der Waals surface area contributed by atoms with Gasteiger partial charge in [-0.15, -0.1) is 21.5 Å². The molecule has 0 spiro atoms. The normalized spacial score (nSPS) is 16.2. The SMILES string of the molecule is CC(C)NS(=O)(=O)c1ccc(-c2sc(-c3nnc(C(C)(C)O)[nH]3)nc2C(=O)N2CCC(F)(F)CC2)c(Cl)c1Cl. The third-order valence-corrected chi connectivity index (χ3v) is 9.64. The minimum atomic E-state index is -3.99. The highest BCUT2D eigenvalue weighted by Gasteiger charge is 2.38. The van der Waals surface area contributed by atoms with Crippen LogP contribution in [-0.2, 0) is 15.6 Å². The summed E-state index contributed by atoms with van der Waals surface area (Å²) in [6.07, 6.45) is -0.964. The Morgan fingerprint density at radius 2 is 1.85 bits per heavy atom. The molecule has 3 heterocycles. The van der Waals surface area contributed by atoms with Crippen molar-refractivity contribution in [2.75, 3.05) is 13.1 Å². The van der Waals surface area contributed by atoms with Crippen molar-refractivity contribution in [3.05, 3.63) is 33.7 Å². The molecule has 0 atom stereocenters. The van der Waals surface area contributed by atoms with Crippen molar-refractivity contribution in [1.29, 1.82) is 0 Å². The number of benzene rings is 1. The maximum Gasteiger partial charge on any atom is 0.274 e. The number of alkyl halides is 2. The molecule has 3 aromatic rings. The summed E-state index contributed by atoms with van der Waals surface area (Å²) in [7, 11) is -3.99. The topological polar surface area (TPSA) is 141 Å². The number of aromatic nitrogens is 4. The quantitative estimate of drug-likeness (QED) is 0.347. The van der Waals surface area contributed by atoms with Crippen molar-refractivity contribution in [2.24, 2.45) is 0 Å². The largest absolute Gasteiger partial charge is 0.382 e. The first-order valence-electron chi connectivity index (χ1n) is 11.8. The molecular weight excluding hydrogens is 597 g/mol. The molecule has 0 aliphatic carbocycles. The van der Waals surface area contributed by atoms with Crippen molar-refractivity contribution in [3.8, 4) is 21.3 Å². The van der Waals surface area contributed by atoms with Crippen LogP contribution in [0.15, 0.2) is 17.0 Å². The lowest BCUT2D eigenvalue weighted by Gasteiger charge is -2.31. The molecule has 212 valence electrons. The van der Waals surface area contributed by atoms with Crippen LogP contribution >= 0.6 is 34.5 Å². The first-order valence-corrected chi connectivity index (χ1v) is 14.9. The number of carbonyl (C=O) groups is 1. The molecule has 1 aromatic carbocycles. The Morgan fingerprint density at radius 3 is 2.41 bits per heavy atom. The van der Waals surface area contributed by atoms with Crippen molar-refractivity contribution < 1.29 is 27.1 Å². The van der Waals surface area contributed by atoms with Crippen LogP contribution in [0.3, 0.4) is 0 Å². The smallest absolute Gasteiger partial charge is 0.274 e. The van der Waals surface area contributed by atoms with E-state index < -0.39 is 46.3 Å². The number of hydrogen-bond acceptors (Lipinski definition) is 8. The average molecular weight is 624 g/mol. The van der Waals surface area contributed by atoms with E-state index in [1.165, 1.54) is 30.9 Å². The van der Waals surface area contributed by atoms with Crippen LogP contribution in [0.5, 0.6) is 0 Å². The first-order chi connectivity index (χ1) is 18.0. The molecule has 0 saturated carbocycles. The molecule has 3 N–H and O–H groups in total. The second kappa shape index (κ2) is 10.6. The molecule has 39 heavy (non-hydrogen) atoms. The van der Waals surface area contributed by atoms with Crippen LogP contribution < -0.4 is 4.72 Å². The molecule has 10 nitrogen and oxygen atoms in total. The fraction of sp³-hybridized carbons (Fsp3) is 0.478. The maximum atomic E-state index is 13.7. The number of H-pyrrole nitrogens is 1. The number of carbonyl (C=O) groups excluding carboxylic acids is 1. The van der Waals surface area contributed by atoms with Gasteiger partial charge in [0.15, 0.2) is 16.7 Å². The van der Waals surface area contributed by atoms with Gasteiger partial charge in [-0.05, 0) is 33.8 Å². The van der Waals surface area contributed by atoms with E-state index in [9.17, 15) is 27.1 Å². The van der Waals surface area contributed by atoms with Crippen molar-refractivity contribution in [3.63, 3.8) is 0 Å². The Kier molecular flexibility index (Phi) is 8.11. The number of aromatic amines is 1. The summed E-state index contributed by atoms with van der Waals surface area (Å²) in [5, 5.41) is 18.0. The molecule has 1 saturated heterocycles. The highest BCUT2D eigenvalue weighted by molar-refractivity contribution is 7.89. The molecular formula is C23H26Cl2F2N6O4S2. The predicted octanol–water partition coefficient (Wildman–Crippen LogP) is 4.69. The van der Waals surface area contributed by atoms with Crippen molar-refractivity contribution in [2.45, 2.75) is 63.0 Å². The first kappa shape index (κ1) is 29.7. The van der Waals surface area contributed by atoms with Gasteiger partial charge in [-0.1, -0.05) is 29.3 Å². The lowest BCUT2D eigenvalue weighted by Crippen LogP contribution is -2.43. The highest BCUT2D eigenvalue weighted by Crippen LogP contribution is 2.43. The predicted molar refractivity (Wildman–Crippen MR) is 144 cm³/mol. The van der Waals surface area contributed by atoms with Crippen LogP contribution in [0.2, 0.25) is 10.0 Å². The van der Waals surface area contributed by atoms with Crippen LogP contribution in [0.25, 0.3) is 21.3 Å². The van der Waals surface area contributed by atoms with E-state index in [4.69, 9.17) is 23.2 Å². The van der Waals surface area contributed by atoms with Gasteiger partial charge in [0.05, 0.1) is 14.9 Å². The number of piperidine rings is 1. The number of likely N-dealkylation sites (tertiary alicyclic amines) is 1. The monoisotopic (exact) mass is 622 g/mol. The van der Waals surface area contributed by atoms with Crippen molar-refractivity contribution >= 4 is 50.5 Å². The zero-order chi connectivity index (χ0) is 28.9. The Labute approximate surface area is 237 Å². The number of rotatable bonds is 7. The third kappa shape index (κ3) is 6.25. The van der Waals surface area contributed by atoms with Crippen molar-refractivity contribution in [1.82, 2.24) is 29.8 Å². The van der Waals surface area contributed by atoms with Gasteiger partial charge in [-0.2, -0.15) is 0 Å². The number of amides is 1. The summed E-state index contributed by atoms with van der Waals surface area (Å²) < 4.78 is 55.4. The molecule has 1 aliphatic heterocycles. The van der Waals surface area contributed by atoms with Gasteiger partial charge in [-0.3, -0.25) is 4.79 Å². The molecule has 1 aliphatic rings. The van der Waals surface area contributed by atoms with Crippen LogP contribution in [0.4, 0.5) is 8.78 Å². The summed E-state index contributed by atoms with van der Waals surface area (Å²) >= 11 is 14.0. The molecule has 4 rings (SSSR count). The van der Waals surface area contributed by atoms with Gasteiger partial charge in [0.2, 0.25) is 10.0 Å². The second-order valence-corrected chi connectivity index (χ2v) is 13.4. The molecule has 16 heteroatoms. The zero-order valence-electron chi connectivity index (χ0n) is 21.3. The number of aliphatic hydroxyl groups is 1.